The molecule has 0 aliphatic carbocycles. The summed E-state index contributed by atoms with van der Waals surface area (Å²) in [5.74, 6) is 1.00. The lowest BCUT2D eigenvalue weighted by Crippen LogP contribution is -2.53. The smallest absolute Gasteiger partial charge is 0.194 e. The number of halogens is 1. The molecule has 1 aromatic rings. The number of rotatable bonds is 5. The van der Waals surface area contributed by atoms with Crippen molar-refractivity contribution in [2.45, 2.75) is 45.3 Å². The van der Waals surface area contributed by atoms with E-state index in [-0.39, 0.29) is 36.2 Å². The van der Waals surface area contributed by atoms with E-state index >= 15 is 0 Å². The van der Waals surface area contributed by atoms with Gasteiger partial charge in [-0.1, -0.05) is 24.3 Å². The summed E-state index contributed by atoms with van der Waals surface area (Å²) in [7, 11) is 0. The average Bonchev–Trinajstić information content (AvgIpc) is 3.17. The Labute approximate surface area is 174 Å². The van der Waals surface area contributed by atoms with Crippen LogP contribution in [-0.4, -0.2) is 62.5 Å². The van der Waals surface area contributed by atoms with Gasteiger partial charge in [0.1, 0.15) is 6.10 Å². The molecule has 5 nitrogen and oxygen atoms in total. The third-order valence-electron chi connectivity index (χ3n) is 5.01. The van der Waals surface area contributed by atoms with Crippen molar-refractivity contribution in [3.05, 3.63) is 35.4 Å². The number of nitrogens with zero attached hydrogens (tertiary/aromatic N) is 2. The Morgan fingerprint density at radius 1 is 1.23 bits per heavy atom. The van der Waals surface area contributed by atoms with Gasteiger partial charge in [0.25, 0.3) is 0 Å². The van der Waals surface area contributed by atoms with E-state index in [2.05, 4.69) is 48.3 Å². The molecule has 2 aliphatic rings. The van der Waals surface area contributed by atoms with Crippen molar-refractivity contribution in [3.8, 4) is 0 Å². The van der Waals surface area contributed by atoms with Crippen LogP contribution in [0.25, 0.3) is 0 Å². The summed E-state index contributed by atoms with van der Waals surface area (Å²) in [6.45, 7) is 9.33. The second kappa shape index (κ2) is 11.1. The minimum atomic E-state index is 0. The van der Waals surface area contributed by atoms with Gasteiger partial charge in [-0.15, -0.1) is 24.0 Å². The molecule has 2 aliphatic heterocycles. The second-order valence-electron chi connectivity index (χ2n) is 6.82. The highest BCUT2D eigenvalue weighted by atomic mass is 127. The number of guanidine groups is 1. The fraction of sp³-hybridized carbons (Fsp3) is 0.650. The number of nitrogens with one attached hydrogen (secondary N) is 1. The zero-order chi connectivity index (χ0) is 17.5. The van der Waals surface area contributed by atoms with Crippen molar-refractivity contribution >= 4 is 29.9 Å². The van der Waals surface area contributed by atoms with E-state index in [1.807, 2.05) is 0 Å². The summed E-state index contributed by atoms with van der Waals surface area (Å²) in [5, 5.41) is 3.44. The highest BCUT2D eigenvalue weighted by molar-refractivity contribution is 14.0. The minimum Gasteiger partial charge on any atom is -0.375 e. The molecule has 0 spiro atoms. The van der Waals surface area contributed by atoms with Crippen molar-refractivity contribution in [2.24, 2.45) is 4.99 Å². The monoisotopic (exact) mass is 473 g/mol. The molecule has 146 valence electrons. The summed E-state index contributed by atoms with van der Waals surface area (Å²) >= 11 is 0. The lowest BCUT2D eigenvalue weighted by atomic mass is 10.1. The standard InChI is InChI=1S/C20H31N3O2.HI/c1-3-21-20(22-11-10-17-8-5-4-7-16(17)2)23-12-14-25-19(15-23)18-9-6-13-24-18;/h4-5,7-8,18-19H,3,6,9-15H2,1-2H3,(H,21,22);1H. The maximum atomic E-state index is 5.96. The third-order valence-corrected chi connectivity index (χ3v) is 5.01. The number of ether oxygens (including phenoxy) is 2. The van der Waals surface area contributed by atoms with Crippen molar-refractivity contribution in [3.63, 3.8) is 0 Å². The van der Waals surface area contributed by atoms with Crippen LogP contribution in [0.2, 0.25) is 0 Å². The minimum absolute atomic E-state index is 0. The van der Waals surface area contributed by atoms with Crippen LogP contribution >= 0.6 is 24.0 Å². The Morgan fingerprint density at radius 2 is 2.04 bits per heavy atom. The summed E-state index contributed by atoms with van der Waals surface area (Å²) in [6.07, 6.45) is 3.64. The van der Waals surface area contributed by atoms with E-state index in [4.69, 9.17) is 14.5 Å². The number of hydrogen-bond acceptors (Lipinski definition) is 3. The van der Waals surface area contributed by atoms with E-state index in [1.165, 1.54) is 11.1 Å². The van der Waals surface area contributed by atoms with Gasteiger partial charge in [-0.3, -0.25) is 4.99 Å². The fourth-order valence-corrected chi connectivity index (χ4v) is 3.59. The Morgan fingerprint density at radius 3 is 2.77 bits per heavy atom. The van der Waals surface area contributed by atoms with E-state index in [9.17, 15) is 0 Å². The number of morpholine rings is 1. The Kier molecular flexibility index (Phi) is 9.15. The maximum Gasteiger partial charge on any atom is 0.194 e. The van der Waals surface area contributed by atoms with Gasteiger partial charge in [0.15, 0.2) is 5.96 Å². The fourth-order valence-electron chi connectivity index (χ4n) is 3.59. The van der Waals surface area contributed by atoms with E-state index in [1.54, 1.807) is 0 Å². The molecule has 2 fully saturated rings. The van der Waals surface area contributed by atoms with Crippen molar-refractivity contribution in [2.75, 3.05) is 39.4 Å². The highest BCUT2D eigenvalue weighted by Crippen LogP contribution is 2.21. The SMILES string of the molecule is CCNC(=NCCc1ccccc1C)N1CCOC(C2CCCO2)C1.I. The van der Waals surface area contributed by atoms with Gasteiger partial charge in [0.05, 0.1) is 12.7 Å². The van der Waals surface area contributed by atoms with E-state index < -0.39 is 0 Å². The maximum absolute atomic E-state index is 5.96. The first-order valence-corrected chi connectivity index (χ1v) is 9.59. The molecule has 0 radical (unpaired) electrons. The van der Waals surface area contributed by atoms with Gasteiger partial charge < -0.3 is 19.7 Å². The molecular formula is C20H32IN3O2. The van der Waals surface area contributed by atoms with Crippen LogP contribution in [0.4, 0.5) is 0 Å². The van der Waals surface area contributed by atoms with Crippen LogP contribution in [0.3, 0.4) is 0 Å². The van der Waals surface area contributed by atoms with Gasteiger partial charge in [-0.2, -0.15) is 0 Å². The van der Waals surface area contributed by atoms with Crippen LogP contribution in [0.1, 0.15) is 30.9 Å². The van der Waals surface area contributed by atoms with Crippen LogP contribution in [0.15, 0.2) is 29.3 Å². The zero-order valence-corrected chi connectivity index (χ0v) is 18.3. The summed E-state index contributed by atoms with van der Waals surface area (Å²) in [4.78, 5) is 7.20. The molecule has 0 aromatic heterocycles. The molecule has 2 heterocycles. The van der Waals surface area contributed by atoms with Crippen LogP contribution in [0, 0.1) is 6.92 Å². The molecule has 26 heavy (non-hydrogen) atoms. The predicted molar refractivity (Wildman–Crippen MR) is 117 cm³/mol. The van der Waals surface area contributed by atoms with Gasteiger partial charge in [-0.25, -0.2) is 0 Å². The Hall–Kier alpha value is -0.860. The molecule has 2 unspecified atom stereocenters. The van der Waals surface area contributed by atoms with Gasteiger partial charge in [0, 0.05) is 32.8 Å². The lowest BCUT2D eigenvalue weighted by Gasteiger charge is -2.37. The summed E-state index contributed by atoms with van der Waals surface area (Å²) in [5.41, 5.74) is 2.72. The normalized spacial score (nSPS) is 23.6. The van der Waals surface area contributed by atoms with Crippen LogP contribution in [-0.2, 0) is 15.9 Å². The Bertz CT molecular complexity index is 576. The summed E-state index contributed by atoms with van der Waals surface area (Å²) < 4.78 is 11.8. The number of aliphatic imine (C=N–C) groups is 1. The van der Waals surface area contributed by atoms with Crippen molar-refractivity contribution < 1.29 is 9.47 Å². The zero-order valence-electron chi connectivity index (χ0n) is 15.9. The molecule has 6 heteroatoms. The topological polar surface area (TPSA) is 46.1 Å². The number of benzene rings is 1. The molecule has 2 saturated heterocycles. The number of hydrogen-bond donors (Lipinski definition) is 1. The quantitative estimate of drug-likeness (QED) is 0.406. The lowest BCUT2D eigenvalue weighted by molar-refractivity contribution is -0.0817. The molecule has 0 amide bonds. The second-order valence-corrected chi connectivity index (χ2v) is 6.82. The van der Waals surface area contributed by atoms with Gasteiger partial charge >= 0.3 is 0 Å². The highest BCUT2D eigenvalue weighted by Gasteiger charge is 2.32. The third kappa shape index (κ3) is 5.82. The van der Waals surface area contributed by atoms with Crippen LogP contribution < -0.4 is 5.32 Å². The van der Waals surface area contributed by atoms with Gasteiger partial charge in [0.2, 0.25) is 0 Å². The van der Waals surface area contributed by atoms with Crippen molar-refractivity contribution in [1.82, 2.24) is 10.2 Å². The predicted octanol–water partition coefficient (Wildman–Crippen LogP) is 3.00. The molecule has 3 rings (SSSR count). The molecule has 1 aromatic carbocycles. The molecule has 1 N–H and O–H groups in total. The molecule has 0 bridgehead atoms. The van der Waals surface area contributed by atoms with Gasteiger partial charge in [-0.05, 0) is 44.2 Å². The first-order chi connectivity index (χ1) is 12.3. The molecular weight excluding hydrogens is 441 g/mol. The average molecular weight is 473 g/mol. The first-order valence-electron chi connectivity index (χ1n) is 9.59. The molecule has 2 atom stereocenters. The van der Waals surface area contributed by atoms with Crippen LogP contribution in [0.5, 0.6) is 0 Å². The first kappa shape index (κ1) is 21.4. The number of aryl methyl sites for hydroxylation is 1. The largest absolute Gasteiger partial charge is 0.375 e. The Balaban J connectivity index is 0.00000243. The summed E-state index contributed by atoms with van der Waals surface area (Å²) in [6, 6.07) is 8.55. The van der Waals surface area contributed by atoms with E-state index in [0.29, 0.717) is 0 Å². The molecule has 0 saturated carbocycles. The van der Waals surface area contributed by atoms with Crippen molar-refractivity contribution in [1.29, 1.82) is 0 Å². The van der Waals surface area contributed by atoms with E-state index in [0.717, 1.165) is 64.6 Å².